The van der Waals surface area contributed by atoms with Gasteiger partial charge in [-0.1, -0.05) is 38.5 Å². The maximum atomic E-state index is 13.3. The van der Waals surface area contributed by atoms with Crippen LogP contribution in [0.2, 0.25) is 0 Å². The Morgan fingerprint density at radius 2 is 1.55 bits per heavy atom. The van der Waals surface area contributed by atoms with E-state index in [1.807, 2.05) is 18.2 Å². The Balaban J connectivity index is 2.36. The summed E-state index contributed by atoms with van der Waals surface area (Å²) in [5.41, 5.74) is 7.01. The number of aliphatic hydroxyl groups excluding tert-OH is 1. The van der Waals surface area contributed by atoms with Gasteiger partial charge in [0.05, 0.1) is 12.5 Å². The van der Waals surface area contributed by atoms with Crippen molar-refractivity contribution >= 4 is 40.6 Å². The number of aliphatic hydroxyl groups is 1. The number of hydrogen-bond acceptors (Lipinski definition) is 7. The minimum absolute atomic E-state index is 0.0602. The van der Waals surface area contributed by atoms with E-state index in [0.717, 1.165) is 10.9 Å². The maximum Gasteiger partial charge on any atom is 0.326 e. The van der Waals surface area contributed by atoms with E-state index in [0.29, 0.717) is 12.0 Å². The number of hydrogen-bond donors (Lipinski definition) is 8. The smallest absolute Gasteiger partial charge is 0.326 e. The van der Waals surface area contributed by atoms with E-state index in [9.17, 15) is 39.3 Å². The van der Waals surface area contributed by atoms with Crippen LogP contribution < -0.4 is 21.7 Å². The summed E-state index contributed by atoms with van der Waals surface area (Å²) in [5.74, 6) is -5.81. The molecule has 0 saturated carbocycles. The zero-order valence-electron chi connectivity index (χ0n) is 21.4. The van der Waals surface area contributed by atoms with Gasteiger partial charge < -0.3 is 42.0 Å². The molecule has 6 atom stereocenters. The number of carboxylic acids is 2. The standard InChI is InChI=1S/C25H35N5O8/c1-4-12(2)21(25(37)38)30-23(35)17(9-14-11-27-16-8-6-5-7-15(14)16)28-22(34)18(10-19(32)33)29-24(36)20(26)13(3)31/h5-8,11-13,17-18,20-21,27,31H,4,9-10,26H2,1-3H3,(H,28,34)(H,29,36)(H,30,35)(H,32,33)(H,37,38). The molecular formula is C25H35N5O8. The first-order valence-electron chi connectivity index (χ1n) is 12.2. The quantitative estimate of drug-likeness (QED) is 0.156. The fourth-order valence-electron chi connectivity index (χ4n) is 3.81. The summed E-state index contributed by atoms with van der Waals surface area (Å²) in [6, 6.07) is 1.65. The van der Waals surface area contributed by atoms with Crippen molar-refractivity contribution in [2.75, 3.05) is 0 Å². The predicted molar refractivity (Wildman–Crippen MR) is 137 cm³/mol. The van der Waals surface area contributed by atoms with Crippen LogP contribution in [0, 0.1) is 5.92 Å². The average Bonchev–Trinajstić information content (AvgIpc) is 3.27. The third kappa shape index (κ3) is 8.02. The average molecular weight is 534 g/mol. The number of para-hydroxylation sites is 1. The molecule has 0 radical (unpaired) electrons. The predicted octanol–water partition coefficient (Wildman–Crippen LogP) is -0.522. The fourth-order valence-corrected chi connectivity index (χ4v) is 3.81. The van der Waals surface area contributed by atoms with Crippen LogP contribution >= 0.6 is 0 Å². The Kier molecular flexibility index (Phi) is 10.8. The van der Waals surface area contributed by atoms with Crippen molar-refractivity contribution in [2.45, 2.75) is 70.3 Å². The van der Waals surface area contributed by atoms with Crippen molar-refractivity contribution in [2.24, 2.45) is 11.7 Å². The second-order valence-corrected chi connectivity index (χ2v) is 9.26. The van der Waals surface area contributed by atoms with Gasteiger partial charge in [-0.25, -0.2) is 4.79 Å². The van der Waals surface area contributed by atoms with E-state index in [2.05, 4.69) is 20.9 Å². The number of aliphatic carboxylic acids is 2. The summed E-state index contributed by atoms with van der Waals surface area (Å²) < 4.78 is 0. The molecule has 208 valence electrons. The summed E-state index contributed by atoms with van der Waals surface area (Å²) in [7, 11) is 0. The lowest BCUT2D eigenvalue weighted by Crippen LogP contribution is -2.59. The zero-order valence-corrected chi connectivity index (χ0v) is 21.4. The van der Waals surface area contributed by atoms with Gasteiger partial charge in [0.1, 0.15) is 24.2 Å². The Morgan fingerprint density at radius 3 is 2.13 bits per heavy atom. The summed E-state index contributed by atoms with van der Waals surface area (Å²) in [5, 5.41) is 36.3. The lowest BCUT2D eigenvalue weighted by Gasteiger charge is -2.26. The van der Waals surface area contributed by atoms with Crippen LogP contribution in [0.15, 0.2) is 30.5 Å². The van der Waals surface area contributed by atoms with Gasteiger partial charge in [0.2, 0.25) is 17.7 Å². The van der Waals surface area contributed by atoms with Crippen molar-refractivity contribution in [3.63, 3.8) is 0 Å². The van der Waals surface area contributed by atoms with Crippen LogP contribution in [0.3, 0.4) is 0 Å². The maximum absolute atomic E-state index is 13.3. The molecule has 13 nitrogen and oxygen atoms in total. The molecule has 0 aliphatic rings. The van der Waals surface area contributed by atoms with Crippen LogP contribution in [-0.2, 0) is 30.4 Å². The van der Waals surface area contributed by atoms with Crippen molar-refractivity contribution in [1.82, 2.24) is 20.9 Å². The van der Waals surface area contributed by atoms with E-state index in [-0.39, 0.29) is 6.42 Å². The molecule has 13 heteroatoms. The first-order chi connectivity index (χ1) is 17.8. The highest BCUT2D eigenvalue weighted by Crippen LogP contribution is 2.19. The summed E-state index contributed by atoms with van der Waals surface area (Å²) in [6.45, 7) is 4.69. The van der Waals surface area contributed by atoms with Gasteiger partial charge in [0.25, 0.3) is 0 Å². The van der Waals surface area contributed by atoms with E-state index >= 15 is 0 Å². The van der Waals surface area contributed by atoms with Crippen molar-refractivity contribution in [3.05, 3.63) is 36.0 Å². The molecule has 1 aromatic heterocycles. The van der Waals surface area contributed by atoms with Gasteiger partial charge >= 0.3 is 11.9 Å². The zero-order chi connectivity index (χ0) is 28.6. The Bertz CT molecular complexity index is 1160. The minimum Gasteiger partial charge on any atom is -0.481 e. The first kappa shape index (κ1) is 30.3. The lowest BCUT2D eigenvalue weighted by molar-refractivity contribution is -0.144. The van der Waals surface area contributed by atoms with Crippen LogP contribution in [-0.4, -0.2) is 80.2 Å². The van der Waals surface area contributed by atoms with Gasteiger partial charge in [-0.2, -0.15) is 0 Å². The van der Waals surface area contributed by atoms with Gasteiger partial charge in [-0.3, -0.25) is 19.2 Å². The number of H-pyrrole nitrogens is 1. The molecule has 2 rings (SSSR count). The lowest BCUT2D eigenvalue weighted by atomic mass is 9.98. The second kappa shape index (κ2) is 13.5. The molecule has 3 amide bonds. The number of nitrogens with one attached hydrogen (secondary N) is 4. The largest absolute Gasteiger partial charge is 0.481 e. The molecule has 1 heterocycles. The van der Waals surface area contributed by atoms with Gasteiger partial charge in [-0.05, 0) is 24.5 Å². The number of aromatic amines is 1. The number of amides is 3. The summed E-state index contributed by atoms with van der Waals surface area (Å²) in [4.78, 5) is 65.0. The monoisotopic (exact) mass is 533 g/mol. The SMILES string of the molecule is CCC(C)C(NC(=O)C(Cc1c[nH]c2ccccc12)NC(=O)C(CC(=O)O)NC(=O)C(N)C(C)O)C(=O)O. The Hall–Kier alpha value is -3.97. The van der Waals surface area contributed by atoms with Crippen LogP contribution in [0.1, 0.15) is 39.2 Å². The van der Waals surface area contributed by atoms with E-state index < -0.39 is 72.3 Å². The number of carbonyl (C=O) groups is 5. The molecule has 1 aromatic carbocycles. The summed E-state index contributed by atoms with van der Waals surface area (Å²) >= 11 is 0. The fraction of sp³-hybridized carbons (Fsp3) is 0.480. The number of carbonyl (C=O) groups excluding carboxylic acids is 3. The molecule has 0 spiro atoms. The van der Waals surface area contributed by atoms with Crippen LogP contribution in [0.4, 0.5) is 0 Å². The number of benzene rings is 1. The van der Waals surface area contributed by atoms with E-state index in [1.165, 1.54) is 6.92 Å². The highest BCUT2D eigenvalue weighted by atomic mass is 16.4. The van der Waals surface area contributed by atoms with Crippen LogP contribution in [0.25, 0.3) is 10.9 Å². The second-order valence-electron chi connectivity index (χ2n) is 9.26. The number of fused-ring (bicyclic) bond motifs is 1. The molecular weight excluding hydrogens is 498 g/mol. The normalized spacial score (nSPS) is 15.9. The van der Waals surface area contributed by atoms with E-state index in [4.69, 9.17) is 5.73 Å². The topological polar surface area (TPSA) is 224 Å². The Labute approximate surface area is 219 Å². The summed E-state index contributed by atoms with van der Waals surface area (Å²) in [6.07, 6.45) is -0.0330. The molecule has 0 saturated heterocycles. The number of rotatable bonds is 14. The third-order valence-electron chi connectivity index (χ3n) is 6.34. The molecule has 0 bridgehead atoms. The van der Waals surface area contributed by atoms with Crippen LogP contribution in [0.5, 0.6) is 0 Å². The molecule has 38 heavy (non-hydrogen) atoms. The molecule has 0 aliphatic heterocycles. The van der Waals surface area contributed by atoms with Crippen molar-refractivity contribution < 1.29 is 39.3 Å². The molecule has 0 fully saturated rings. The van der Waals surface area contributed by atoms with Gasteiger partial charge in [0.15, 0.2) is 0 Å². The van der Waals surface area contributed by atoms with E-state index in [1.54, 1.807) is 26.1 Å². The third-order valence-corrected chi connectivity index (χ3v) is 6.34. The minimum atomic E-state index is -1.62. The first-order valence-corrected chi connectivity index (χ1v) is 12.2. The number of carboxylic acid groups (broad SMARTS) is 2. The van der Waals surface area contributed by atoms with Gasteiger partial charge in [-0.15, -0.1) is 0 Å². The Morgan fingerprint density at radius 1 is 0.947 bits per heavy atom. The van der Waals surface area contributed by atoms with Gasteiger partial charge in [0, 0.05) is 23.5 Å². The molecule has 6 unspecified atom stereocenters. The molecule has 9 N–H and O–H groups in total. The number of nitrogens with two attached hydrogens (primary N) is 1. The molecule has 2 aromatic rings. The van der Waals surface area contributed by atoms with Crippen molar-refractivity contribution in [3.8, 4) is 0 Å². The molecule has 0 aliphatic carbocycles. The number of aromatic nitrogens is 1. The highest BCUT2D eigenvalue weighted by Gasteiger charge is 2.33. The van der Waals surface area contributed by atoms with Crippen molar-refractivity contribution in [1.29, 1.82) is 0 Å². The highest BCUT2D eigenvalue weighted by molar-refractivity contribution is 5.96.